The Kier molecular flexibility index (Phi) is 5.14. The second-order valence-corrected chi connectivity index (χ2v) is 4.55. The molecule has 0 aliphatic carbocycles. The summed E-state index contributed by atoms with van der Waals surface area (Å²) in [6.07, 6.45) is 1.17. The van der Waals surface area contributed by atoms with Crippen molar-refractivity contribution in [1.29, 1.82) is 0 Å². The molecule has 1 nitrogen and oxygen atoms in total. The second kappa shape index (κ2) is 6.15. The van der Waals surface area contributed by atoms with E-state index in [0.717, 1.165) is 6.54 Å². The zero-order valence-electron chi connectivity index (χ0n) is 10.8. The zero-order chi connectivity index (χ0) is 12.1. The number of halogens is 1. The van der Waals surface area contributed by atoms with Crippen molar-refractivity contribution >= 4 is 17.3 Å². The Morgan fingerprint density at radius 2 is 2.00 bits per heavy atom. The van der Waals surface area contributed by atoms with Crippen LogP contribution in [-0.4, -0.2) is 12.6 Å². The van der Waals surface area contributed by atoms with Crippen molar-refractivity contribution in [3.8, 4) is 0 Å². The van der Waals surface area contributed by atoms with Crippen molar-refractivity contribution in [3.63, 3.8) is 0 Å². The molecule has 90 valence electrons. The maximum absolute atomic E-state index is 5.87. The van der Waals surface area contributed by atoms with Crippen LogP contribution >= 0.6 is 11.6 Å². The Hall–Kier alpha value is -0.690. The van der Waals surface area contributed by atoms with Crippen molar-refractivity contribution in [1.82, 2.24) is 0 Å². The van der Waals surface area contributed by atoms with Gasteiger partial charge in [-0.3, -0.25) is 0 Å². The first-order valence-electron chi connectivity index (χ1n) is 6.06. The monoisotopic (exact) mass is 239 g/mol. The summed E-state index contributed by atoms with van der Waals surface area (Å²) in [5, 5.41) is 0. The first kappa shape index (κ1) is 13.4. The van der Waals surface area contributed by atoms with E-state index in [0.29, 0.717) is 11.9 Å². The zero-order valence-corrected chi connectivity index (χ0v) is 11.5. The third-order valence-corrected chi connectivity index (χ3v) is 3.55. The highest BCUT2D eigenvalue weighted by Crippen LogP contribution is 2.22. The third kappa shape index (κ3) is 2.91. The number of hydrogen-bond acceptors (Lipinski definition) is 1. The fraction of sp³-hybridized carbons (Fsp3) is 0.571. The minimum absolute atomic E-state index is 0.589. The van der Waals surface area contributed by atoms with Crippen LogP contribution in [0.3, 0.4) is 0 Å². The quantitative estimate of drug-likeness (QED) is 0.691. The normalized spacial score (nSPS) is 12.6. The molecule has 0 spiro atoms. The van der Waals surface area contributed by atoms with Crippen LogP contribution in [0.15, 0.2) is 18.2 Å². The SMILES string of the molecule is CCC(C)N(CC)c1ccc(CCl)c(C)c1. The molecule has 1 unspecified atom stereocenters. The van der Waals surface area contributed by atoms with Gasteiger partial charge in [-0.25, -0.2) is 0 Å². The van der Waals surface area contributed by atoms with E-state index in [1.165, 1.54) is 23.2 Å². The molecule has 0 bridgehead atoms. The smallest absolute Gasteiger partial charge is 0.0476 e. The molecular weight excluding hydrogens is 218 g/mol. The molecule has 1 atom stereocenters. The summed E-state index contributed by atoms with van der Waals surface area (Å²) in [6, 6.07) is 7.16. The number of alkyl halides is 1. The molecule has 0 N–H and O–H groups in total. The van der Waals surface area contributed by atoms with Gasteiger partial charge in [0.05, 0.1) is 0 Å². The van der Waals surface area contributed by atoms with E-state index in [1.54, 1.807) is 0 Å². The van der Waals surface area contributed by atoms with Gasteiger partial charge in [0.15, 0.2) is 0 Å². The molecule has 2 heteroatoms. The molecule has 0 aromatic heterocycles. The second-order valence-electron chi connectivity index (χ2n) is 4.29. The van der Waals surface area contributed by atoms with Gasteiger partial charge in [0.1, 0.15) is 0 Å². The fourth-order valence-electron chi connectivity index (χ4n) is 1.98. The molecule has 1 aromatic rings. The molecule has 0 radical (unpaired) electrons. The Morgan fingerprint density at radius 3 is 2.44 bits per heavy atom. The number of anilines is 1. The molecule has 16 heavy (non-hydrogen) atoms. The van der Waals surface area contributed by atoms with Crippen LogP contribution in [0, 0.1) is 6.92 Å². The van der Waals surface area contributed by atoms with E-state index in [9.17, 15) is 0 Å². The maximum Gasteiger partial charge on any atom is 0.0476 e. The summed E-state index contributed by atoms with van der Waals surface area (Å²) in [6.45, 7) is 9.89. The lowest BCUT2D eigenvalue weighted by atomic mass is 10.1. The molecule has 0 aliphatic heterocycles. The first-order valence-corrected chi connectivity index (χ1v) is 6.59. The Labute approximate surface area is 104 Å². The average molecular weight is 240 g/mol. The summed E-state index contributed by atoms with van der Waals surface area (Å²) in [7, 11) is 0. The van der Waals surface area contributed by atoms with Crippen LogP contribution in [0.4, 0.5) is 5.69 Å². The number of benzene rings is 1. The molecule has 0 aliphatic rings. The Bertz CT molecular complexity index is 336. The molecule has 1 rings (SSSR count). The molecule has 0 fully saturated rings. The van der Waals surface area contributed by atoms with Gasteiger partial charge < -0.3 is 4.90 Å². The average Bonchev–Trinajstić information content (AvgIpc) is 2.30. The van der Waals surface area contributed by atoms with Crippen LogP contribution in [0.2, 0.25) is 0 Å². The third-order valence-electron chi connectivity index (χ3n) is 3.27. The summed E-state index contributed by atoms with van der Waals surface area (Å²) >= 11 is 5.87. The fourth-order valence-corrected chi connectivity index (χ4v) is 2.28. The largest absolute Gasteiger partial charge is 0.369 e. The van der Waals surface area contributed by atoms with Crippen molar-refractivity contribution in [2.45, 2.75) is 46.0 Å². The molecule has 0 heterocycles. The highest BCUT2D eigenvalue weighted by atomic mass is 35.5. The number of hydrogen-bond donors (Lipinski definition) is 0. The molecule has 0 amide bonds. The predicted octanol–water partition coefficient (Wildman–Crippen LogP) is 4.36. The minimum Gasteiger partial charge on any atom is -0.369 e. The van der Waals surface area contributed by atoms with E-state index >= 15 is 0 Å². The van der Waals surface area contributed by atoms with Crippen molar-refractivity contribution in [2.75, 3.05) is 11.4 Å². The summed E-state index contributed by atoms with van der Waals surface area (Å²) in [5.41, 5.74) is 3.82. The van der Waals surface area contributed by atoms with Crippen molar-refractivity contribution in [2.24, 2.45) is 0 Å². The van der Waals surface area contributed by atoms with Gasteiger partial charge >= 0.3 is 0 Å². The Balaban J connectivity index is 2.98. The lowest BCUT2D eigenvalue weighted by Gasteiger charge is -2.30. The summed E-state index contributed by atoms with van der Waals surface area (Å²) < 4.78 is 0. The van der Waals surface area contributed by atoms with E-state index in [2.05, 4.69) is 50.8 Å². The van der Waals surface area contributed by atoms with Crippen LogP contribution in [0.1, 0.15) is 38.3 Å². The summed E-state index contributed by atoms with van der Waals surface area (Å²) in [4.78, 5) is 2.44. The minimum atomic E-state index is 0.589. The molecular formula is C14H22ClN. The van der Waals surface area contributed by atoms with Crippen LogP contribution in [0.25, 0.3) is 0 Å². The standard InChI is InChI=1S/C14H22ClN/c1-5-12(4)16(6-2)14-8-7-13(10-15)11(3)9-14/h7-9,12H,5-6,10H2,1-4H3. The predicted molar refractivity (Wildman–Crippen MR) is 73.5 cm³/mol. The topological polar surface area (TPSA) is 3.24 Å². The van der Waals surface area contributed by atoms with Crippen LogP contribution in [0.5, 0.6) is 0 Å². The van der Waals surface area contributed by atoms with Gasteiger partial charge in [0, 0.05) is 24.2 Å². The van der Waals surface area contributed by atoms with Gasteiger partial charge in [-0.05, 0) is 50.5 Å². The van der Waals surface area contributed by atoms with E-state index in [4.69, 9.17) is 11.6 Å². The lowest BCUT2D eigenvalue weighted by molar-refractivity contribution is 0.630. The highest BCUT2D eigenvalue weighted by molar-refractivity contribution is 6.17. The van der Waals surface area contributed by atoms with Gasteiger partial charge in [-0.15, -0.1) is 11.6 Å². The molecule has 0 saturated heterocycles. The van der Waals surface area contributed by atoms with Gasteiger partial charge in [-0.2, -0.15) is 0 Å². The first-order chi connectivity index (χ1) is 7.63. The molecule has 1 aromatic carbocycles. The van der Waals surface area contributed by atoms with E-state index < -0.39 is 0 Å². The Morgan fingerprint density at radius 1 is 1.31 bits per heavy atom. The van der Waals surface area contributed by atoms with Crippen LogP contribution in [-0.2, 0) is 5.88 Å². The lowest BCUT2D eigenvalue weighted by Crippen LogP contribution is -2.32. The van der Waals surface area contributed by atoms with Crippen molar-refractivity contribution < 1.29 is 0 Å². The molecule has 0 saturated carbocycles. The van der Waals surface area contributed by atoms with E-state index in [1.807, 2.05) is 0 Å². The van der Waals surface area contributed by atoms with Crippen molar-refractivity contribution in [3.05, 3.63) is 29.3 Å². The van der Waals surface area contributed by atoms with Gasteiger partial charge in [-0.1, -0.05) is 13.0 Å². The highest BCUT2D eigenvalue weighted by Gasteiger charge is 2.11. The number of rotatable bonds is 5. The maximum atomic E-state index is 5.87. The van der Waals surface area contributed by atoms with E-state index in [-0.39, 0.29) is 0 Å². The number of aryl methyl sites for hydroxylation is 1. The van der Waals surface area contributed by atoms with Gasteiger partial charge in [0.2, 0.25) is 0 Å². The number of nitrogens with zero attached hydrogens (tertiary/aromatic N) is 1. The van der Waals surface area contributed by atoms with Gasteiger partial charge in [0.25, 0.3) is 0 Å². The van der Waals surface area contributed by atoms with Crippen LogP contribution < -0.4 is 4.90 Å². The summed E-state index contributed by atoms with van der Waals surface area (Å²) in [5.74, 6) is 0.599.